The predicted molar refractivity (Wildman–Crippen MR) is 154 cm³/mol. The maximum atomic E-state index is 12.5. The van der Waals surface area contributed by atoms with Gasteiger partial charge >= 0.3 is 6.01 Å². The van der Waals surface area contributed by atoms with Crippen molar-refractivity contribution in [1.29, 1.82) is 5.26 Å². The second-order valence-electron chi connectivity index (χ2n) is 11.0. The number of carbonyl (C=O) groups is 1. The Kier molecular flexibility index (Phi) is 7.83. The van der Waals surface area contributed by atoms with Crippen LogP contribution in [0.1, 0.15) is 30.5 Å². The molecule has 2 atom stereocenters. The molecule has 11 nitrogen and oxygen atoms in total. The Bertz CT molecular complexity index is 1340. The lowest BCUT2D eigenvalue weighted by atomic mass is 10.0. The van der Waals surface area contributed by atoms with Crippen LogP contribution < -0.4 is 24.0 Å². The molecule has 0 bridgehead atoms. The average molecular weight is 560 g/mol. The van der Waals surface area contributed by atoms with Gasteiger partial charge in [-0.2, -0.15) is 15.2 Å². The van der Waals surface area contributed by atoms with Crippen LogP contribution in [0.15, 0.2) is 30.9 Å². The number of anilines is 2. The Morgan fingerprint density at radius 2 is 2.05 bits per heavy atom. The monoisotopic (exact) mass is 559 g/mol. The minimum Gasteiger partial charge on any atom is -0.486 e. The second kappa shape index (κ2) is 11.8. The third kappa shape index (κ3) is 5.48. The number of ether oxygens (including phenoxy) is 3. The smallest absolute Gasteiger partial charge is 0.318 e. The van der Waals surface area contributed by atoms with E-state index in [-0.39, 0.29) is 18.4 Å². The molecule has 1 aromatic heterocycles. The summed E-state index contributed by atoms with van der Waals surface area (Å²) in [7, 11) is 2.13. The molecule has 4 aliphatic rings. The van der Waals surface area contributed by atoms with E-state index in [0.717, 1.165) is 66.6 Å². The first kappa shape index (κ1) is 27.1. The van der Waals surface area contributed by atoms with Crippen LogP contribution in [0.2, 0.25) is 0 Å². The Labute approximate surface area is 240 Å². The first-order valence-corrected chi connectivity index (χ1v) is 14.5. The lowest BCUT2D eigenvalue weighted by Gasteiger charge is -2.42. The molecule has 5 heterocycles. The van der Waals surface area contributed by atoms with E-state index in [9.17, 15) is 10.1 Å². The summed E-state index contributed by atoms with van der Waals surface area (Å²) in [4.78, 5) is 30.9. The van der Waals surface area contributed by atoms with Gasteiger partial charge in [-0.25, -0.2) is 0 Å². The van der Waals surface area contributed by atoms with E-state index in [0.29, 0.717) is 58.1 Å². The number of benzene rings is 1. The van der Waals surface area contributed by atoms with Gasteiger partial charge in [0, 0.05) is 37.8 Å². The van der Waals surface area contributed by atoms with Crippen molar-refractivity contribution in [3.63, 3.8) is 0 Å². The van der Waals surface area contributed by atoms with Crippen molar-refractivity contribution in [3.8, 4) is 23.6 Å². The van der Waals surface area contributed by atoms with E-state index in [1.807, 2.05) is 12.1 Å². The normalized spacial score (nSPS) is 22.2. The lowest BCUT2D eigenvalue weighted by molar-refractivity contribution is -0.128. The summed E-state index contributed by atoms with van der Waals surface area (Å²) in [6.45, 7) is 9.30. The number of carbonyl (C=O) groups excluding carboxylic acids is 1. The summed E-state index contributed by atoms with van der Waals surface area (Å²) in [5.41, 5.74) is 3.01. The summed E-state index contributed by atoms with van der Waals surface area (Å²) in [5, 5.41) is 9.49. The van der Waals surface area contributed by atoms with Crippen LogP contribution >= 0.6 is 0 Å². The van der Waals surface area contributed by atoms with Crippen LogP contribution in [-0.2, 0) is 17.8 Å². The standard InChI is InChI=1S/C30H37N7O4/c1-3-27(38)37-15-14-36(18-21(37)9-11-31)29-23-10-13-35(25-7-4-8-26-28(25)40-17-16-39-26)19-24(23)32-30(33-29)41-20-22-6-5-12-34(22)2/h3-4,7-8,21-22H,1,5-6,9-10,12-20H2,2H3/t21-,22-/m0/s1. The van der Waals surface area contributed by atoms with Gasteiger partial charge in [0.25, 0.3) is 0 Å². The molecule has 6 rings (SSSR count). The van der Waals surface area contributed by atoms with E-state index >= 15 is 0 Å². The second-order valence-corrected chi connectivity index (χ2v) is 11.0. The number of nitriles is 1. The largest absolute Gasteiger partial charge is 0.486 e. The van der Waals surface area contributed by atoms with Crippen LogP contribution in [0.25, 0.3) is 0 Å². The zero-order valence-corrected chi connectivity index (χ0v) is 23.6. The minimum absolute atomic E-state index is 0.146. The molecular weight excluding hydrogens is 522 g/mol. The minimum atomic E-state index is -0.241. The molecular formula is C30H37N7O4. The number of amides is 1. The number of hydrogen-bond donors (Lipinski definition) is 0. The van der Waals surface area contributed by atoms with Gasteiger partial charge in [0.1, 0.15) is 25.6 Å². The summed E-state index contributed by atoms with van der Waals surface area (Å²) >= 11 is 0. The molecule has 4 aliphatic heterocycles. The number of fused-ring (bicyclic) bond motifs is 2. The number of piperazine rings is 1. The van der Waals surface area contributed by atoms with Crippen LogP contribution in [0.4, 0.5) is 11.5 Å². The van der Waals surface area contributed by atoms with Gasteiger partial charge in [-0.3, -0.25) is 4.79 Å². The number of likely N-dealkylation sites (N-methyl/N-ethyl adjacent to an activating group) is 1. The molecule has 2 aromatic rings. The van der Waals surface area contributed by atoms with Crippen LogP contribution in [0.5, 0.6) is 17.5 Å². The summed E-state index contributed by atoms with van der Waals surface area (Å²) in [5.74, 6) is 2.24. The highest BCUT2D eigenvalue weighted by atomic mass is 16.6. The van der Waals surface area contributed by atoms with E-state index in [4.69, 9.17) is 24.2 Å². The van der Waals surface area contributed by atoms with Gasteiger partial charge in [-0.15, -0.1) is 0 Å². The average Bonchev–Trinajstić information content (AvgIpc) is 3.43. The third-order valence-corrected chi connectivity index (χ3v) is 8.55. The maximum Gasteiger partial charge on any atom is 0.318 e. The van der Waals surface area contributed by atoms with Crippen molar-refractivity contribution in [3.05, 3.63) is 42.1 Å². The van der Waals surface area contributed by atoms with Crippen molar-refractivity contribution in [2.24, 2.45) is 0 Å². The fourth-order valence-electron chi connectivity index (χ4n) is 6.32. The molecule has 0 radical (unpaired) electrons. The Morgan fingerprint density at radius 3 is 2.85 bits per heavy atom. The van der Waals surface area contributed by atoms with E-state index in [1.54, 1.807) is 4.90 Å². The van der Waals surface area contributed by atoms with Crippen molar-refractivity contribution < 1.29 is 19.0 Å². The van der Waals surface area contributed by atoms with Crippen molar-refractivity contribution >= 4 is 17.4 Å². The SMILES string of the molecule is C=CC(=O)N1CCN(c2nc(OC[C@@H]3CCCN3C)nc3c2CCN(c2cccc4c2OCCO4)C3)C[C@@H]1CC#N. The van der Waals surface area contributed by atoms with Crippen molar-refractivity contribution in [2.75, 3.05) is 69.4 Å². The zero-order chi connectivity index (χ0) is 28.3. The fourth-order valence-corrected chi connectivity index (χ4v) is 6.32. The molecule has 2 fully saturated rings. The molecule has 2 saturated heterocycles. The van der Waals surface area contributed by atoms with Gasteiger partial charge in [0.2, 0.25) is 5.91 Å². The Morgan fingerprint density at radius 1 is 1.17 bits per heavy atom. The molecule has 0 aliphatic carbocycles. The van der Waals surface area contributed by atoms with E-state index < -0.39 is 0 Å². The van der Waals surface area contributed by atoms with Gasteiger partial charge in [0.15, 0.2) is 11.5 Å². The van der Waals surface area contributed by atoms with Crippen molar-refractivity contribution in [1.82, 2.24) is 19.8 Å². The summed E-state index contributed by atoms with van der Waals surface area (Å²) in [6.07, 6.45) is 4.57. The molecule has 11 heteroatoms. The molecule has 1 amide bonds. The van der Waals surface area contributed by atoms with E-state index in [2.05, 4.69) is 40.5 Å². The Hall–Kier alpha value is -4.04. The molecule has 216 valence electrons. The number of nitrogens with zero attached hydrogens (tertiary/aromatic N) is 7. The number of rotatable bonds is 7. The van der Waals surface area contributed by atoms with E-state index in [1.165, 1.54) is 6.08 Å². The van der Waals surface area contributed by atoms with Crippen LogP contribution in [0.3, 0.4) is 0 Å². The highest BCUT2D eigenvalue weighted by molar-refractivity contribution is 5.87. The summed E-state index contributed by atoms with van der Waals surface area (Å²) in [6, 6.07) is 8.73. The number of likely N-dealkylation sites (tertiary alicyclic amines) is 1. The fraction of sp³-hybridized carbons (Fsp3) is 0.533. The first-order chi connectivity index (χ1) is 20.1. The molecule has 0 N–H and O–H groups in total. The van der Waals surface area contributed by atoms with Gasteiger partial charge < -0.3 is 33.8 Å². The first-order valence-electron chi connectivity index (χ1n) is 14.5. The molecule has 1 aromatic carbocycles. The van der Waals surface area contributed by atoms with Gasteiger partial charge in [-0.05, 0) is 51.1 Å². The number of aromatic nitrogens is 2. The maximum absolute atomic E-state index is 12.5. The molecule has 41 heavy (non-hydrogen) atoms. The van der Waals surface area contributed by atoms with Gasteiger partial charge in [-0.1, -0.05) is 12.6 Å². The number of hydrogen-bond acceptors (Lipinski definition) is 10. The highest BCUT2D eigenvalue weighted by Gasteiger charge is 2.34. The zero-order valence-electron chi connectivity index (χ0n) is 23.6. The number of para-hydroxylation sites is 1. The Balaban J connectivity index is 1.31. The predicted octanol–water partition coefficient (Wildman–Crippen LogP) is 2.40. The summed E-state index contributed by atoms with van der Waals surface area (Å²) < 4.78 is 18.1. The van der Waals surface area contributed by atoms with Gasteiger partial charge in [0.05, 0.1) is 36.5 Å². The quantitative estimate of drug-likeness (QED) is 0.470. The highest BCUT2D eigenvalue weighted by Crippen LogP contribution is 2.42. The van der Waals surface area contributed by atoms with Crippen LogP contribution in [-0.4, -0.2) is 97.4 Å². The molecule has 0 unspecified atom stereocenters. The molecule has 0 saturated carbocycles. The third-order valence-electron chi connectivity index (χ3n) is 8.55. The molecule has 0 spiro atoms. The lowest BCUT2D eigenvalue weighted by Crippen LogP contribution is -2.55. The van der Waals surface area contributed by atoms with Crippen LogP contribution in [0, 0.1) is 11.3 Å². The van der Waals surface area contributed by atoms with Crippen molar-refractivity contribution in [2.45, 2.75) is 44.3 Å². The topological polar surface area (TPSA) is 107 Å².